The Kier molecular flexibility index (Phi) is 1.65. The number of hydrogen-bond donors (Lipinski definition) is 2. The summed E-state index contributed by atoms with van der Waals surface area (Å²) in [4.78, 5) is 14.0. The largest absolute Gasteiger partial charge is 0.394 e. The SMILES string of the molecule is OCC12CC(CN1c1ncnc3[nH]ccc13)C2. The number of nitrogens with one attached hydrogen (secondary N) is 1. The number of rotatable bonds is 2. The predicted octanol–water partition coefficient (Wildman–Crippen LogP) is 0.919. The fraction of sp³-hybridized carbons (Fsp3) is 0.500. The second kappa shape index (κ2) is 2.98. The Labute approximate surface area is 98.5 Å². The lowest BCUT2D eigenvalue weighted by molar-refractivity contribution is 0.129. The van der Waals surface area contributed by atoms with Crippen LogP contribution in [0.2, 0.25) is 0 Å². The summed E-state index contributed by atoms with van der Waals surface area (Å²) < 4.78 is 0. The van der Waals surface area contributed by atoms with E-state index in [4.69, 9.17) is 0 Å². The molecule has 5 heteroatoms. The molecule has 0 unspecified atom stereocenters. The van der Waals surface area contributed by atoms with Gasteiger partial charge in [-0.2, -0.15) is 0 Å². The van der Waals surface area contributed by atoms with Gasteiger partial charge < -0.3 is 15.0 Å². The second-order valence-electron chi connectivity index (χ2n) is 5.20. The first-order valence-electron chi connectivity index (χ1n) is 5.99. The molecule has 2 bridgehead atoms. The van der Waals surface area contributed by atoms with Gasteiger partial charge >= 0.3 is 0 Å². The van der Waals surface area contributed by atoms with Gasteiger partial charge in [-0.1, -0.05) is 0 Å². The van der Waals surface area contributed by atoms with E-state index in [1.165, 1.54) is 0 Å². The molecule has 2 aliphatic heterocycles. The van der Waals surface area contributed by atoms with E-state index in [2.05, 4.69) is 19.9 Å². The Morgan fingerprint density at radius 2 is 2.35 bits per heavy atom. The zero-order valence-electron chi connectivity index (χ0n) is 9.43. The van der Waals surface area contributed by atoms with Crippen molar-refractivity contribution in [2.45, 2.75) is 18.4 Å². The number of fused-ring (bicyclic) bond motifs is 2. The molecule has 88 valence electrons. The fourth-order valence-electron chi connectivity index (χ4n) is 3.42. The first kappa shape index (κ1) is 9.41. The predicted molar refractivity (Wildman–Crippen MR) is 63.8 cm³/mol. The zero-order chi connectivity index (χ0) is 11.5. The second-order valence-corrected chi connectivity index (χ2v) is 5.20. The molecule has 5 rings (SSSR count). The van der Waals surface area contributed by atoms with Crippen molar-refractivity contribution in [3.63, 3.8) is 0 Å². The molecular weight excluding hydrogens is 216 g/mol. The van der Waals surface area contributed by atoms with E-state index in [1.54, 1.807) is 6.33 Å². The van der Waals surface area contributed by atoms with Crippen LogP contribution in [0.3, 0.4) is 0 Å². The number of anilines is 1. The minimum atomic E-state index is -0.0524. The lowest BCUT2D eigenvalue weighted by Crippen LogP contribution is -2.49. The van der Waals surface area contributed by atoms with Crippen molar-refractivity contribution in [2.24, 2.45) is 5.92 Å². The molecule has 0 amide bonds. The van der Waals surface area contributed by atoms with Crippen LogP contribution in [0.4, 0.5) is 5.82 Å². The van der Waals surface area contributed by atoms with Gasteiger partial charge in [0.1, 0.15) is 17.8 Å². The van der Waals surface area contributed by atoms with Crippen LogP contribution in [0.1, 0.15) is 12.8 Å². The third kappa shape index (κ3) is 1.07. The van der Waals surface area contributed by atoms with Gasteiger partial charge in [-0.3, -0.25) is 0 Å². The molecule has 2 aromatic heterocycles. The van der Waals surface area contributed by atoms with Gasteiger partial charge in [0.25, 0.3) is 0 Å². The average Bonchev–Trinajstić information content (AvgIpc) is 2.99. The molecule has 2 N–H and O–H groups in total. The molecule has 0 aromatic carbocycles. The molecular formula is C12H14N4O. The number of H-pyrrole nitrogens is 1. The van der Waals surface area contributed by atoms with Crippen molar-refractivity contribution in [3.8, 4) is 0 Å². The van der Waals surface area contributed by atoms with Gasteiger partial charge in [-0.05, 0) is 24.8 Å². The van der Waals surface area contributed by atoms with Gasteiger partial charge in [-0.15, -0.1) is 0 Å². The molecule has 1 aliphatic carbocycles. The molecule has 3 fully saturated rings. The van der Waals surface area contributed by atoms with Gasteiger partial charge in [0.2, 0.25) is 0 Å². The molecule has 0 atom stereocenters. The first-order chi connectivity index (χ1) is 8.32. The summed E-state index contributed by atoms with van der Waals surface area (Å²) in [7, 11) is 0. The monoisotopic (exact) mass is 230 g/mol. The number of hydrogen-bond acceptors (Lipinski definition) is 4. The quantitative estimate of drug-likeness (QED) is 0.805. The van der Waals surface area contributed by atoms with Gasteiger partial charge in [-0.25, -0.2) is 9.97 Å². The summed E-state index contributed by atoms with van der Waals surface area (Å²) in [5.74, 6) is 1.69. The molecule has 5 nitrogen and oxygen atoms in total. The smallest absolute Gasteiger partial charge is 0.142 e. The molecule has 2 aromatic rings. The summed E-state index contributed by atoms with van der Waals surface area (Å²) in [5.41, 5.74) is 0.815. The third-order valence-corrected chi connectivity index (χ3v) is 4.23. The van der Waals surface area contributed by atoms with E-state index >= 15 is 0 Å². The maximum atomic E-state index is 9.62. The van der Waals surface area contributed by atoms with Crippen LogP contribution >= 0.6 is 0 Å². The number of aliphatic hydroxyl groups excluding tert-OH is 1. The molecule has 3 aliphatic rings. The van der Waals surface area contributed by atoms with Crippen molar-refractivity contribution in [2.75, 3.05) is 18.1 Å². The Balaban J connectivity index is 1.87. The number of aromatic amines is 1. The summed E-state index contributed by atoms with van der Waals surface area (Å²) in [6.07, 6.45) is 5.67. The Hall–Kier alpha value is -1.62. The topological polar surface area (TPSA) is 65.0 Å². The van der Waals surface area contributed by atoms with E-state index in [1.807, 2.05) is 12.3 Å². The van der Waals surface area contributed by atoms with Crippen LogP contribution in [-0.2, 0) is 0 Å². The van der Waals surface area contributed by atoms with Gasteiger partial charge in [0, 0.05) is 12.7 Å². The van der Waals surface area contributed by atoms with Crippen LogP contribution in [0.25, 0.3) is 11.0 Å². The molecule has 2 saturated heterocycles. The lowest BCUT2D eigenvalue weighted by atomic mass is 9.74. The number of aromatic nitrogens is 3. The molecule has 4 heterocycles. The highest BCUT2D eigenvalue weighted by atomic mass is 16.3. The number of aliphatic hydroxyl groups is 1. The minimum absolute atomic E-state index is 0.0524. The summed E-state index contributed by atoms with van der Waals surface area (Å²) in [6, 6.07) is 2.01. The van der Waals surface area contributed by atoms with Crippen LogP contribution in [0.5, 0.6) is 0 Å². The van der Waals surface area contributed by atoms with Gasteiger partial charge in [0.15, 0.2) is 0 Å². The Morgan fingerprint density at radius 3 is 3.18 bits per heavy atom. The minimum Gasteiger partial charge on any atom is -0.394 e. The highest BCUT2D eigenvalue weighted by molar-refractivity contribution is 5.88. The highest BCUT2D eigenvalue weighted by Gasteiger charge is 2.56. The van der Waals surface area contributed by atoms with Gasteiger partial charge in [0.05, 0.1) is 17.5 Å². The van der Waals surface area contributed by atoms with Crippen molar-refractivity contribution < 1.29 is 5.11 Å². The summed E-state index contributed by atoms with van der Waals surface area (Å²) in [6.45, 7) is 1.23. The molecule has 1 saturated carbocycles. The molecule has 0 radical (unpaired) electrons. The standard InChI is InChI=1S/C12H14N4O/c17-6-12-3-8(4-12)5-16(12)11-9-1-2-13-10(9)14-7-15-11/h1-2,7-8,17H,3-6H2,(H,13,14,15). The van der Waals surface area contributed by atoms with Crippen LogP contribution < -0.4 is 4.90 Å². The lowest BCUT2D eigenvalue weighted by Gasteiger charge is -2.41. The van der Waals surface area contributed by atoms with Crippen LogP contribution in [0, 0.1) is 5.92 Å². The Bertz CT molecular complexity index is 573. The van der Waals surface area contributed by atoms with E-state index < -0.39 is 0 Å². The fourth-order valence-corrected chi connectivity index (χ4v) is 3.42. The number of nitrogens with zero attached hydrogens (tertiary/aromatic N) is 3. The van der Waals surface area contributed by atoms with Crippen LogP contribution in [0.15, 0.2) is 18.6 Å². The summed E-state index contributed by atoms with van der Waals surface area (Å²) >= 11 is 0. The maximum Gasteiger partial charge on any atom is 0.142 e. The average molecular weight is 230 g/mol. The van der Waals surface area contributed by atoms with Crippen molar-refractivity contribution in [1.29, 1.82) is 0 Å². The van der Waals surface area contributed by atoms with Crippen molar-refractivity contribution in [3.05, 3.63) is 18.6 Å². The molecule has 17 heavy (non-hydrogen) atoms. The van der Waals surface area contributed by atoms with Crippen molar-refractivity contribution in [1.82, 2.24) is 15.0 Å². The normalized spacial score (nSPS) is 30.9. The third-order valence-electron chi connectivity index (χ3n) is 4.23. The van der Waals surface area contributed by atoms with Crippen LogP contribution in [-0.4, -0.2) is 38.7 Å². The van der Waals surface area contributed by atoms with E-state index in [0.29, 0.717) is 0 Å². The van der Waals surface area contributed by atoms with Crippen molar-refractivity contribution >= 4 is 16.9 Å². The zero-order valence-corrected chi connectivity index (χ0v) is 9.43. The summed E-state index contributed by atoms with van der Waals surface area (Å²) in [5, 5.41) is 10.7. The molecule has 0 spiro atoms. The maximum absolute atomic E-state index is 9.62. The Morgan fingerprint density at radius 1 is 1.47 bits per heavy atom. The first-order valence-corrected chi connectivity index (χ1v) is 5.99. The highest BCUT2D eigenvalue weighted by Crippen LogP contribution is 2.52. The van der Waals surface area contributed by atoms with E-state index in [-0.39, 0.29) is 12.1 Å². The van der Waals surface area contributed by atoms with E-state index in [9.17, 15) is 5.11 Å². The van der Waals surface area contributed by atoms with E-state index in [0.717, 1.165) is 42.2 Å².